The molecule has 218 valence electrons. The highest BCUT2D eigenvalue weighted by molar-refractivity contribution is 5.78. The summed E-state index contributed by atoms with van der Waals surface area (Å²) in [5, 5.41) is 8.01. The van der Waals surface area contributed by atoms with Crippen molar-refractivity contribution in [2.24, 2.45) is 0 Å². The molecular formula is C34H40N6O2. The molecule has 2 saturated heterocycles. The van der Waals surface area contributed by atoms with Crippen molar-refractivity contribution < 1.29 is 9.53 Å². The molecule has 2 aliphatic heterocycles. The van der Waals surface area contributed by atoms with Crippen LogP contribution in [0, 0.1) is 13.8 Å². The number of nitrogens with one attached hydrogen (secondary N) is 1. The van der Waals surface area contributed by atoms with E-state index in [1.54, 1.807) is 0 Å². The average Bonchev–Trinajstić information content (AvgIpc) is 3.47. The van der Waals surface area contributed by atoms with E-state index in [0.717, 1.165) is 75.1 Å². The standard InChI is InChI=1S/C34H40N6O2/c1-26-7-6-10-32(27(26)2)39-17-15-37(16-18-39)25-34(41)35-24-29-23-33(40(36-29)31-8-4-3-5-9-31)28-11-13-30(14-12-28)38-19-21-42-22-20-38/h3-14,23H,15-22,24-25H2,1-2H3,(H,35,41). The Morgan fingerprint density at radius 1 is 0.810 bits per heavy atom. The van der Waals surface area contributed by atoms with Crippen LogP contribution in [0.5, 0.6) is 0 Å². The number of carbonyl (C=O) groups excluding carboxylic acids is 1. The van der Waals surface area contributed by atoms with Gasteiger partial charge in [-0.3, -0.25) is 9.69 Å². The van der Waals surface area contributed by atoms with Crippen LogP contribution in [0.4, 0.5) is 11.4 Å². The van der Waals surface area contributed by atoms with E-state index in [2.05, 4.69) is 94.5 Å². The molecule has 2 fully saturated rings. The first-order chi connectivity index (χ1) is 20.5. The molecule has 3 aromatic carbocycles. The van der Waals surface area contributed by atoms with Crippen molar-refractivity contribution in [3.05, 3.63) is 95.7 Å². The maximum Gasteiger partial charge on any atom is 0.234 e. The SMILES string of the molecule is Cc1cccc(N2CCN(CC(=O)NCc3cc(-c4ccc(N5CCOCC5)cc4)n(-c4ccccc4)n3)CC2)c1C. The molecule has 0 unspecified atom stereocenters. The lowest BCUT2D eigenvalue weighted by Gasteiger charge is -2.36. The largest absolute Gasteiger partial charge is 0.378 e. The van der Waals surface area contributed by atoms with E-state index in [4.69, 9.17) is 9.84 Å². The molecular weight excluding hydrogens is 524 g/mol. The van der Waals surface area contributed by atoms with Crippen LogP contribution < -0.4 is 15.1 Å². The predicted molar refractivity (Wildman–Crippen MR) is 168 cm³/mol. The lowest BCUT2D eigenvalue weighted by Crippen LogP contribution is -2.49. The first-order valence-corrected chi connectivity index (χ1v) is 14.9. The average molecular weight is 565 g/mol. The van der Waals surface area contributed by atoms with E-state index in [9.17, 15) is 4.79 Å². The van der Waals surface area contributed by atoms with Gasteiger partial charge in [0.2, 0.25) is 5.91 Å². The number of aryl methyl sites for hydroxylation is 1. The second kappa shape index (κ2) is 12.8. The molecule has 0 radical (unpaired) electrons. The normalized spacial score (nSPS) is 16.0. The van der Waals surface area contributed by atoms with Crippen molar-refractivity contribution in [3.63, 3.8) is 0 Å². The molecule has 0 bridgehead atoms. The second-order valence-electron chi connectivity index (χ2n) is 11.2. The van der Waals surface area contributed by atoms with Crippen LogP contribution in [0.2, 0.25) is 0 Å². The van der Waals surface area contributed by atoms with Gasteiger partial charge in [0.05, 0.1) is 43.4 Å². The fourth-order valence-corrected chi connectivity index (χ4v) is 5.83. The molecule has 8 nitrogen and oxygen atoms in total. The zero-order valence-electron chi connectivity index (χ0n) is 24.6. The highest BCUT2D eigenvalue weighted by atomic mass is 16.5. The van der Waals surface area contributed by atoms with Gasteiger partial charge in [0.25, 0.3) is 0 Å². The Labute approximate surface area is 248 Å². The number of para-hydroxylation sites is 1. The highest BCUT2D eigenvalue weighted by Crippen LogP contribution is 2.27. The fraction of sp³-hybridized carbons (Fsp3) is 0.353. The van der Waals surface area contributed by atoms with E-state index >= 15 is 0 Å². The number of piperazine rings is 1. The van der Waals surface area contributed by atoms with E-state index in [1.807, 2.05) is 22.9 Å². The third-order valence-corrected chi connectivity index (χ3v) is 8.42. The summed E-state index contributed by atoms with van der Waals surface area (Å²) in [6.45, 7) is 12.1. The van der Waals surface area contributed by atoms with Gasteiger partial charge in [-0.15, -0.1) is 0 Å². The molecule has 4 aromatic rings. The predicted octanol–water partition coefficient (Wildman–Crippen LogP) is 4.43. The van der Waals surface area contributed by atoms with Gasteiger partial charge in [-0.1, -0.05) is 42.5 Å². The Morgan fingerprint density at radius 3 is 2.29 bits per heavy atom. The number of morpholine rings is 1. The summed E-state index contributed by atoms with van der Waals surface area (Å²) in [5.74, 6) is 0.0286. The van der Waals surface area contributed by atoms with E-state index in [1.165, 1.54) is 22.5 Å². The number of carbonyl (C=O) groups is 1. The third kappa shape index (κ3) is 6.35. The molecule has 1 N–H and O–H groups in total. The van der Waals surface area contributed by atoms with Gasteiger partial charge in [0.15, 0.2) is 0 Å². The summed E-state index contributed by atoms with van der Waals surface area (Å²) >= 11 is 0. The number of hydrogen-bond acceptors (Lipinski definition) is 6. The third-order valence-electron chi connectivity index (χ3n) is 8.42. The van der Waals surface area contributed by atoms with Crippen molar-refractivity contribution >= 4 is 17.3 Å². The Morgan fingerprint density at radius 2 is 1.55 bits per heavy atom. The van der Waals surface area contributed by atoms with Crippen molar-refractivity contribution in [2.75, 3.05) is 68.8 Å². The van der Waals surface area contributed by atoms with Gasteiger partial charge < -0.3 is 19.9 Å². The number of amides is 1. The number of nitrogens with zero attached hydrogens (tertiary/aromatic N) is 5. The number of ether oxygens (including phenoxy) is 1. The molecule has 0 saturated carbocycles. The lowest BCUT2D eigenvalue weighted by atomic mass is 10.1. The van der Waals surface area contributed by atoms with Crippen LogP contribution in [-0.4, -0.2) is 79.6 Å². The zero-order valence-corrected chi connectivity index (χ0v) is 24.6. The molecule has 6 rings (SSSR count). The Bertz CT molecular complexity index is 1490. The minimum Gasteiger partial charge on any atom is -0.378 e. The number of benzene rings is 3. The number of rotatable bonds is 8. The minimum atomic E-state index is 0.0286. The number of hydrogen-bond donors (Lipinski definition) is 1. The maximum atomic E-state index is 12.9. The van der Waals surface area contributed by atoms with Crippen LogP contribution in [0.1, 0.15) is 16.8 Å². The Balaban J connectivity index is 1.09. The molecule has 3 heterocycles. The molecule has 2 aliphatic rings. The Kier molecular flexibility index (Phi) is 8.53. The molecule has 0 aliphatic carbocycles. The fourth-order valence-electron chi connectivity index (χ4n) is 5.83. The molecule has 42 heavy (non-hydrogen) atoms. The minimum absolute atomic E-state index is 0.0286. The van der Waals surface area contributed by atoms with Crippen molar-refractivity contribution in [1.29, 1.82) is 0 Å². The molecule has 1 aromatic heterocycles. The van der Waals surface area contributed by atoms with E-state index < -0.39 is 0 Å². The topological polar surface area (TPSA) is 65.9 Å². The second-order valence-corrected chi connectivity index (χ2v) is 11.2. The number of anilines is 2. The lowest BCUT2D eigenvalue weighted by molar-refractivity contribution is -0.122. The van der Waals surface area contributed by atoms with Crippen LogP contribution in [-0.2, 0) is 16.1 Å². The van der Waals surface area contributed by atoms with Crippen molar-refractivity contribution in [2.45, 2.75) is 20.4 Å². The molecule has 0 spiro atoms. The number of aromatic nitrogens is 2. The maximum absolute atomic E-state index is 12.9. The van der Waals surface area contributed by atoms with Crippen molar-refractivity contribution in [1.82, 2.24) is 20.0 Å². The monoisotopic (exact) mass is 564 g/mol. The molecule has 0 atom stereocenters. The Hall–Kier alpha value is -4.14. The van der Waals surface area contributed by atoms with Crippen LogP contribution in [0.3, 0.4) is 0 Å². The van der Waals surface area contributed by atoms with Gasteiger partial charge in [-0.25, -0.2) is 4.68 Å². The zero-order chi connectivity index (χ0) is 28.9. The smallest absolute Gasteiger partial charge is 0.234 e. The van der Waals surface area contributed by atoms with Gasteiger partial charge >= 0.3 is 0 Å². The first-order valence-electron chi connectivity index (χ1n) is 14.9. The van der Waals surface area contributed by atoms with Gasteiger partial charge in [-0.05, 0) is 61.4 Å². The van der Waals surface area contributed by atoms with Gasteiger partial charge in [-0.2, -0.15) is 5.10 Å². The summed E-state index contributed by atoms with van der Waals surface area (Å²) in [4.78, 5) is 20.0. The van der Waals surface area contributed by atoms with E-state index in [-0.39, 0.29) is 5.91 Å². The molecule has 8 heteroatoms. The van der Waals surface area contributed by atoms with E-state index in [0.29, 0.717) is 13.1 Å². The summed E-state index contributed by atoms with van der Waals surface area (Å²) in [6, 6.07) is 27.4. The molecule has 1 amide bonds. The van der Waals surface area contributed by atoms with Gasteiger partial charge in [0.1, 0.15) is 0 Å². The van der Waals surface area contributed by atoms with Crippen LogP contribution >= 0.6 is 0 Å². The van der Waals surface area contributed by atoms with Crippen LogP contribution in [0.25, 0.3) is 16.9 Å². The summed E-state index contributed by atoms with van der Waals surface area (Å²) in [7, 11) is 0. The first kappa shape index (κ1) is 28.0. The van der Waals surface area contributed by atoms with Crippen molar-refractivity contribution in [3.8, 4) is 16.9 Å². The highest BCUT2D eigenvalue weighted by Gasteiger charge is 2.21. The summed E-state index contributed by atoms with van der Waals surface area (Å²) in [6.07, 6.45) is 0. The quantitative estimate of drug-likeness (QED) is 0.342. The van der Waals surface area contributed by atoms with Gasteiger partial charge in [0, 0.05) is 56.2 Å². The summed E-state index contributed by atoms with van der Waals surface area (Å²) < 4.78 is 7.47. The summed E-state index contributed by atoms with van der Waals surface area (Å²) in [5.41, 5.74) is 9.07. The van der Waals surface area contributed by atoms with Crippen LogP contribution in [0.15, 0.2) is 78.9 Å².